The summed E-state index contributed by atoms with van der Waals surface area (Å²) in [6, 6.07) is 6.91. The second kappa shape index (κ2) is 6.61. The summed E-state index contributed by atoms with van der Waals surface area (Å²) in [5.74, 6) is 0.698. The van der Waals surface area contributed by atoms with E-state index in [2.05, 4.69) is 5.32 Å². The van der Waals surface area contributed by atoms with E-state index in [0.717, 1.165) is 18.5 Å². The molecule has 0 bridgehead atoms. The minimum atomic E-state index is -0.0321. The number of rotatable bonds is 6. The lowest BCUT2D eigenvalue weighted by Gasteiger charge is -2.06. The van der Waals surface area contributed by atoms with Crippen LogP contribution in [0.4, 0.5) is 0 Å². The van der Waals surface area contributed by atoms with E-state index in [-0.39, 0.29) is 5.91 Å². The molecule has 0 unspecified atom stereocenters. The van der Waals surface area contributed by atoms with Crippen LogP contribution in [0.2, 0.25) is 0 Å². The number of nitrogens with one attached hydrogen (secondary N) is 1. The van der Waals surface area contributed by atoms with E-state index in [4.69, 9.17) is 4.74 Å². The second-order valence-electron chi connectivity index (χ2n) is 3.37. The first kappa shape index (κ1) is 12.2. The zero-order valence-corrected chi connectivity index (χ0v) is 9.23. The van der Waals surface area contributed by atoms with Gasteiger partial charge in [-0.15, -0.1) is 0 Å². The van der Waals surface area contributed by atoms with Gasteiger partial charge in [-0.2, -0.15) is 0 Å². The Labute approximate surface area is 94.6 Å². The van der Waals surface area contributed by atoms with Crippen LogP contribution in [0.15, 0.2) is 24.3 Å². The number of benzene rings is 1. The number of amides is 1. The molecule has 4 heteroatoms. The first-order chi connectivity index (χ1) is 7.72. The molecule has 1 aromatic carbocycles. The number of carbonyl (C=O) groups excluding carboxylic acids is 2. The molecule has 0 saturated carbocycles. The summed E-state index contributed by atoms with van der Waals surface area (Å²) in [5, 5.41) is 2.68. The molecule has 0 spiro atoms. The quantitative estimate of drug-likeness (QED) is 0.583. The van der Waals surface area contributed by atoms with Crippen molar-refractivity contribution in [3.63, 3.8) is 0 Å². The number of hydrogen-bond donors (Lipinski definition) is 1. The largest absolute Gasteiger partial charge is 0.494 e. The van der Waals surface area contributed by atoms with Crippen LogP contribution >= 0.6 is 0 Å². The second-order valence-corrected chi connectivity index (χ2v) is 3.37. The highest BCUT2D eigenvalue weighted by molar-refractivity contribution is 5.74. The third-order valence-electron chi connectivity index (χ3n) is 1.98. The maximum absolute atomic E-state index is 10.6. The Morgan fingerprint density at radius 2 is 2.06 bits per heavy atom. The first-order valence-corrected chi connectivity index (χ1v) is 5.15. The summed E-state index contributed by atoms with van der Waals surface area (Å²) >= 11 is 0. The molecule has 1 aromatic rings. The van der Waals surface area contributed by atoms with Gasteiger partial charge in [0.2, 0.25) is 5.91 Å². The van der Waals surface area contributed by atoms with Crippen molar-refractivity contribution in [2.75, 3.05) is 13.2 Å². The molecule has 0 aromatic heterocycles. The molecule has 1 amide bonds. The van der Waals surface area contributed by atoms with Crippen LogP contribution in [0.25, 0.3) is 0 Å². The number of hydrogen-bond acceptors (Lipinski definition) is 3. The van der Waals surface area contributed by atoms with Crippen molar-refractivity contribution in [3.05, 3.63) is 29.8 Å². The van der Waals surface area contributed by atoms with Crippen molar-refractivity contribution in [1.82, 2.24) is 5.32 Å². The Hall–Kier alpha value is -1.84. The van der Waals surface area contributed by atoms with Gasteiger partial charge in [0.25, 0.3) is 0 Å². The lowest BCUT2D eigenvalue weighted by molar-refractivity contribution is -0.118. The summed E-state index contributed by atoms with van der Waals surface area (Å²) < 4.78 is 5.42. The van der Waals surface area contributed by atoms with Crippen LogP contribution in [0.5, 0.6) is 5.75 Å². The SMILES string of the molecule is CC(=O)NCCCOc1ccc(C=O)cc1. The number of ether oxygens (including phenoxy) is 1. The van der Waals surface area contributed by atoms with Gasteiger partial charge >= 0.3 is 0 Å². The van der Waals surface area contributed by atoms with E-state index < -0.39 is 0 Å². The summed E-state index contributed by atoms with van der Waals surface area (Å²) in [4.78, 5) is 21.0. The van der Waals surface area contributed by atoms with Crippen molar-refractivity contribution in [2.24, 2.45) is 0 Å². The van der Waals surface area contributed by atoms with E-state index >= 15 is 0 Å². The molecule has 0 aliphatic heterocycles. The molecule has 0 atom stereocenters. The van der Waals surface area contributed by atoms with Gasteiger partial charge in [-0.05, 0) is 30.7 Å². The van der Waals surface area contributed by atoms with Gasteiger partial charge in [-0.3, -0.25) is 9.59 Å². The monoisotopic (exact) mass is 221 g/mol. The highest BCUT2D eigenvalue weighted by Crippen LogP contribution is 2.10. The molecular weight excluding hydrogens is 206 g/mol. The van der Waals surface area contributed by atoms with Crippen LogP contribution in [-0.2, 0) is 4.79 Å². The molecule has 86 valence electrons. The smallest absolute Gasteiger partial charge is 0.216 e. The summed E-state index contributed by atoms with van der Waals surface area (Å²) in [6.45, 7) is 2.64. The van der Waals surface area contributed by atoms with Gasteiger partial charge in [0.15, 0.2) is 0 Å². The van der Waals surface area contributed by atoms with E-state index in [9.17, 15) is 9.59 Å². The van der Waals surface area contributed by atoms with Crippen LogP contribution in [0.3, 0.4) is 0 Å². The highest BCUT2D eigenvalue weighted by atomic mass is 16.5. The lowest BCUT2D eigenvalue weighted by Crippen LogP contribution is -2.22. The molecule has 1 rings (SSSR count). The van der Waals surface area contributed by atoms with E-state index in [0.29, 0.717) is 18.7 Å². The van der Waals surface area contributed by atoms with Crippen molar-refractivity contribution in [3.8, 4) is 5.75 Å². The Bertz CT molecular complexity index is 346. The van der Waals surface area contributed by atoms with Crippen molar-refractivity contribution >= 4 is 12.2 Å². The lowest BCUT2D eigenvalue weighted by atomic mass is 10.2. The Kier molecular flexibility index (Phi) is 5.05. The Morgan fingerprint density at radius 3 is 2.62 bits per heavy atom. The molecule has 4 nitrogen and oxygen atoms in total. The minimum absolute atomic E-state index is 0.0321. The molecule has 0 aliphatic carbocycles. The molecule has 0 aliphatic rings. The number of aldehydes is 1. The van der Waals surface area contributed by atoms with Gasteiger partial charge in [0.05, 0.1) is 6.61 Å². The van der Waals surface area contributed by atoms with Crippen molar-refractivity contribution in [1.29, 1.82) is 0 Å². The molecular formula is C12H15NO3. The molecule has 16 heavy (non-hydrogen) atoms. The summed E-state index contributed by atoms with van der Waals surface area (Å²) in [5.41, 5.74) is 0.630. The normalized spacial score (nSPS) is 9.56. The van der Waals surface area contributed by atoms with Crippen LogP contribution in [0.1, 0.15) is 23.7 Å². The maximum atomic E-state index is 10.6. The van der Waals surface area contributed by atoms with Gasteiger partial charge in [-0.25, -0.2) is 0 Å². The van der Waals surface area contributed by atoms with Crippen LogP contribution in [-0.4, -0.2) is 25.3 Å². The van der Waals surface area contributed by atoms with E-state index in [1.807, 2.05) is 0 Å². The minimum Gasteiger partial charge on any atom is -0.494 e. The van der Waals surface area contributed by atoms with Gasteiger partial charge in [0.1, 0.15) is 12.0 Å². The molecule has 0 radical (unpaired) electrons. The summed E-state index contributed by atoms with van der Waals surface area (Å²) in [7, 11) is 0. The fourth-order valence-electron chi connectivity index (χ4n) is 1.17. The van der Waals surface area contributed by atoms with Gasteiger partial charge in [0, 0.05) is 19.0 Å². The molecule has 1 N–H and O–H groups in total. The zero-order valence-electron chi connectivity index (χ0n) is 9.23. The maximum Gasteiger partial charge on any atom is 0.216 e. The predicted octanol–water partition coefficient (Wildman–Crippen LogP) is 1.40. The molecule has 0 fully saturated rings. The topological polar surface area (TPSA) is 55.4 Å². The Balaban J connectivity index is 2.21. The summed E-state index contributed by atoms with van der Waals surface area (Å²) in [6.07, 6.45) is 1.55. The predicted molar refractivity (Wildman–Crippen MR) is 60.6 cm³/mol. The standard InChI is InChI=1S/C12H15NO3/c1-10(15)13-7-2-8-16-12-5-3-11(9-14)4-6-12/h3-6,9H,2,7-8H2,1H3,(H,13,15). The van der Waals surface area contributed by atoms with Crippen LogP contribution < -0.4 is 10.1 Å². The average molecular weight is 221 g/mol. The molecule has 0 heterocycles. The average Bonchev–Trinajstić information content (AvgIpc) is 2.29. The van der Waals surface area contributed by atoms with Gasteiger partial charge in [-0.1, -0.05) is 0 Å². The van der Waals surface area contributed by atoms with Crippen molar-refractivity contribution in [2.45, 2.75) is 13.3 Å². The highest BCUT2D eigenvalue weighted by Gasteiger charge is 1.95. The fraction of sp³-hybridized carbons (Fsp3) is 0.333. The fourth-order valence-corrected chi connectivity index (χ4v) is 1.17. The third kappa shape index (κ3) is 4.59. The zero-order chi connectivity index (χ0) is 11.8. The van der Waals surface area contributed by atoms with Crippen LogP contribution in [0, 0.1) is 0 Å². The van der Waals surface area contributed by atoms with E-state index in [1.54, 1.807) is 24.3 Å². The third-order valence-corrected chi connectivity index (χ3v) is 1.98. The Morgan fingerprint density at radius 1 is 1.38 bits per heavy atom. The van der Waals surface area contributed by atoms with Gasteiger partial charge < -0.3 is 10.1 Å². The van der Waals surface area contributed by atoms with Crippen molar-refractivity contribution < 1.29 is 14.3 Å². The molecule has 0 saturated heterocycles. The first-order valence-electron chi connectivity index (χ1n) is 5.15. The number of carbonyl (C=O) groups is 2. The van der Waals surface area contributed by atoms with E-state index in [1.165, 1.54) is 6.92 Å².